The predicted octanol–water partition coefficient (Wildman–Crippen LogP) is 3.86. The molecule has 0 radical (unpaired) electrons. The molecule has 0 unspecified atom stereocenters. The summed E-state index contributed by atoms with van der Waals surface area (Å²) in [7, 11) is 0. The molecule has 100 valence electrons. The molecule has 0 saturated carbocycles. The van der Waals surface area contributed by atoms with Crippen molar-refractivity contribution in [2.75, 3.05) is 11.5 Å². The Balaban J connectivity index is 2.16. The molecule has 0 aliphatic rings. The second-order valence-corrected chi connectivity index (χ2v) is 5.97. The highest BCUT2D eigenvalue weighted by molar-refractivity contribution is 7.99. The highest BCUT2D eigenvalue weighted by Crippen LogP contribution is 2.23. The maximum atomic E-state index is 5.86. The van der Waals surface area contributed by atoms with E-state index in [1.807, 2.05) is 36.4 Å². The van der Waals surface area contributed by atoms with Crippen molar-refractivity contribution in [1.29, 1.82) is 0 Å². The summed E-state index contributed by atoms with van der Waals surface area (Å²) >= 11 is 1.74. The standard InChI is InChI=1S/C15H19N3S/c1-11(2)8-9-19-14-10-13(16)17-15(18-14)12-6-4-3-5-7-12/h3-7,10-11H,8-9H2,1-2H3,(H2,16,17,18). The average molecular weight is 273 g/mol. The van der Waals surface area contributed by atoms with E-state index < -0.39 is 0 Å². The van der Waals surface area contributed by atoms with Crippen LogP contribution in [0.5, 0.6) is 0 Å². The Bertz CT molecular complexity index is 526. The molecule has 1 heterocycles. The third kappa shape index (κ3) is 4.24. The topological polar surface area (TPSA) is 51.8 Å². The first-order chi connectivity index (χ1) is 9.15. The molecule has 1 aromatic heterocycles. The lowest BCUT2D eigenvalue weighted by atomic mass is 10.2. The van der Waals surface area contributed by atoms with Gasteiger partial charge in [-0.25, -0.2) is 9.97 Å². The summed E-state index contributed by atoms with van der Waals surface area (Å²) < 4.78 is 0. The normalized spacial score (nSPS) is 10.9. The number of benzene rings is 1. The van der Waals surface area contributed by atoms with E-state index in [1.165, 1.54) is 6.42 Å². The van der Waals surface area contributed by atoms with E-state index in [1.54, 1.807) is 11.8 Å². The van der Waals surface area contributed by atoms with Crippen LogP contribution in [0.3, 0.4) is 0 Å². The number of nitrogens with zero attached hydrogens (tertiary/aromatic N) is 2. The minimum atomic E-state index is 0.529. The van der Waals surface area contributed by atoms with Crippen LogP contribution in [-0.4, -0.2) is 15.7 Å². The maximum absolute atomic E-state index is 5.86. The van der Waals surface area contributed by atoms with Gasteiger partial charge in [-0.3, -0.25) is 0 Å². The molecule has 0 amide bonds. The van der Waals surface area contributed by atoms with Crippen molar-refractivity contribution in [3.8, 4) is 11.4 Å². The van der Waals surface area contributed by atoms with Gasteiger partial charge in [0.1, 0.15) is 10.8 Å². The molecule has 0 saturated heterocycles. The summed E-state index contributed by atoms with van der Waals surface area (Å²) in [6.45, 7) is 4.45. The van der Waals surface area contributed by atoms with Gasteiger partial charge < -0.3 is 5.73 Å². The Kier molecular flexibility index (Phi) is 4.80. The zero-order chi connectivity index (χ0) is 13.7. The van der Waals surface area contributed by atoms with E-state index in [-0.39, 0.29) is 0 Å². The van der Waals surface area contributed by atoms with Crippen LogP contribution in [0.2, 0.25) is 0 Å². The average Bonchev–Trinajstić information content (AvgIpc) is 2.39. The van der Waals surface area contributed by atoms with Crippen molar-refractivity contribution in [2.24, 2.45) is 5.92 Å². The van der Waals surface area contributed by atoms with Crippen molar-refractivity contribution in [3.05, 3.63) is 36.4 Å². The summed E-state index contributed by atoms with van der Waals surface area (Å²) in [6.07, 6.45) is 1.18. The van der Waals surface area contributed by atoms with E-state index in [0.717, 1.165) is 16.3 Å². The van der Waals surface area contributed by atoms with Gasteiger partial charge in [-0.1, -0.05) is 44.2 Å². The summed E-state index contributed by atoms with van der Waals surface area (Å²) in [5.74, 6) is 3.00. The van der Waals surface area contributed by atoms with E-state index >= 15 is 0 Å². The van der Waals surface area contributed by atoms with Crippen molar-refractivity contribution < 1.29 is 0 Å². The fraction of sp³-hybridized carbons (Fsp3) is 0.333. The molecule has 0 fully saturated rings. The number of anilines is 1. The second kappa shape index (κ2) is 6.57. The van der Waals surface area contributed by atoms with Crippen LogP contribution >= 0.6 is 11.8 Å². The van der Waals surface area contributed by atoms with E-state index in [2.05, 4.69) is 23.8 Å². The maximum Gasteiger partial charge on any atom is 0.162 e. The number of thioether (sulfide) groups is 1. The highest BCUT2D eigenvalue weighted by atomic mass is 32.2. The molecule has 2 N–H and O–H groups in total. The summed E-state index contributed by atoms with van der Waals surface area (Å²) in [6, 6.07) is 11.8. The van der Waals surface area contributed by atoms with Crippen LogP contribution in [0.15, 0.2) is 41.4 Å². The van der Waals surface area contributed by atoms with Gasteiger partial charge in [0.15, 0.2) is 5.82 Å². The zero-order valence-corrected chi connectivity index (χ0v) is 12.2. The number of nitrogens with two attached hydrogens (primary N) is 1. The SMILES string of the molecule is CC(C)CCSc1cc(N)nc(-c2ccccc2)n1. The lowest BCUT2D eigenvalue weighted by Gasteiger charge is -2.07. The molecule has 0 atom stereocenters. The summed E-state index contributed by atoms with van der Waals surface area (Å²) in [5, 5.41) is 0.951. The second-order valence-electron chi connectivity index (χ2n) is 4.85. The fourth-order valence-electron chi connectivity index (χ4n) is 1.63. The first kappa shape index (κ1) is 13.9. The lowest BCUT2D eigenvalue weighted by Crippen LogP contribution is -1.98. The Labute approximate surface area is 118 Å². The van der Waals surface area contributed by atoms with Gasteiger partial charge in [-0.2, -0.15) is 0 Å². The minimum absolute atomic E-state index is 0.529. The van der Waals surface area contributed by atoms with Gasteiger partial charge in [0, 0.05) is 11.6 Å². The van der Waals surface area contributed by atoms with Crippen LogP contribution in [0.25, 0.3) is 11.4 Å². The lowest BCUT2D eigenvalue weighted by molar-refractivity contribution is 0.632. The van der Waals surface area contributed by atoms with Gasteiger partial charge in [-0.05, 0) is 18.1 Å². The van der Waals surface area contributed by atoms with Gasteiger partial charge in [-0.15, -0.1) is 11.8 Å². The van der Waals surface area contributed by atoms with Gasteiger partial charge >= 0.3 is 0 Å². The number of hydrogen-bond acceptors (Lipinski definition) is 4. The quantitative estimate of drug-likeness (QED) is 0.664. The number of rotatable bonds is 5. The van der Waals surface area contributed by atoms with Crippen LogP contribution in [0.4, 0.5) is 5.82 Å². The molecular formula is C15H19N3S. The van der Waals surface area contributed by atoms with Crippen LogP contribution in [0, 0.1) is 5.92 Å². The molecular weight excluding hydrogens is 254 g/mol. The van der Waals surface area contributed by atoms with Crippen molar-refractivity contribution in [3.63, 3.8) is 0 Å². The van der Waals surface area contributed by atoms with Crippen LogP contribution in [0.1, 0.15) is 20.3 Å². The fourth-order valence-corrected chi connectivity index (χ4v) is 2.79. The van der Waals surface area contributed by atoms with Crippen LogP contribution in [-0.2, 0) is 0 Å². The molecule has 19 heavy (non-hydrogen) atoms. The number of nitrogen functional groups attached to an aromatic ring is 1. The highest BCUT2D eigenvalue weighted by Gasteiger charge is 2.06. The minimum Gasteiger partial charge on any atom is -0.384 e. The molecule has 0 spiro atoms. The smallest absolute Gasteiger partial charge is 0.162 e. The van der Waals surface area contributed by atoms with Gasteiger partial charge in [0.25, 0.3) is 0 Å². The zero-order valence-electron chi connectivity index (χ0n) is 11.3. The first-order valence-electron chi connectivity index (χ1n) is 6.48. The van der Waals surface area contributed by atoms with Crippen molar-refractivity contribution in [1.82, 2.24) is 9.97 Å². The van der Waals surface area contributed by atoms with Gasteiger partial charge in [0.2, 0.25) is 0 Å². The molecule has 1 aromatic carbocycles. The molecule has 2 aromatic rings. The monoisotopic (exact) mass is 273 g/mol. The van der Waals surface area contributed by atoms with Crippen molar-refractivity contribution in [2.45, 2.75) is 25.3 Å². The molecule has 0 aliphatic carbocycles. The van der Waals surface area contributed by atoms with Crippen LogP contribution < -0.4 is 5.73 Å². The number of aromatic nitrogens is 2. The third-order valence-corrected chi connectivity index (χ3v) is 3.64. The largest absolute Gasteiger partial charge is 0.384 e. The van der Waals surface area contributed by atoms with E-state index in [0.29, 0.717) is 17.6 Å². The number of hydrogen-bond donors (Lipinski definition) is 1. The summed E-state index contributed by atoms with van der Waals surface area (Å²) in [4.78, 5) is 8.87. The Morgan fingerprint density at radius 2 is 1.89 bits per heavy atom. The van der Waals surface area contributed by atoms with Crippen molar-refractivity contribution >= 4 is 17.6 Å². The first-order valence-corrected chi connectivity index (χ1v) is 7.46. The Morgan fingerprint density at radius 3 is 2.58 bits per heavy atom. The van der Waals surface area contributed by atoms with E-state index in [4.69, 9.17) is 5.73 Å². The molecule has 0 bridgehead atoms. The summed E-state index contributed by atoms with van der Waals surface area (Å²) in [5.41, 5.74) is 6.86. The predicted molar refractivity (Wildman–Crippen MR) is 82.1 cm³/mol. The molecule has 3 nitrogen and oxygen atoms in total. The molecule has 4 heteroatoms. The van der Waals surface area contributed by atoms with E-state index in [9.17, 15) is 0 Å². The molecule has 0 aliphatic heterocycles. The molecule has 2 rings (SSSR count). The Morgan fingerprint density at radius 1 is 1.16 bits per heavy atom. The third-order valence-electron chi connectivity index (χ3n) is 2.70. The van der Waals surface area contributed by atoms with Gasteiger partial charge in [0.05, 0.1) is 0 Å². The Hall–Kier alpha value is -1.55.